The Balaban J connectivity index is 0.00000210. The predicted molar refractivity (Wildman–Crippen MR) is 108 cm³/mol. The fraction of sp³-hybridized carbons (Fsp3) is 0.684. The Morgan fingerprint density at radius 2 is 1.96 bits per heavy atom. The third-order valence-electron chi connectivity index (χ3n) is 5.86. The Morgan fingerprint density at radius 1 is 1.19 bits per heavy atom. The third kappa shape index (κ3) is 4.66. The molecule has 8 heteroatoms. The van der Waals surface area contributed by atoms with E-state index in [1.165, 1.54) is 11.1 Å². The number of rotatable bonds is 6. The summed E-state index contributed by atoms with van der Waals surface area (Å²) in [6, 6.07) is 5.79. The Bertz CT molecular complexity index is 732. The van der Waals surface area contributed by atoms with E-state index in [9.17, 15) is 8.42 Å². The number of aryl methyl sites for hydroxylation is 2. The summed E-state index contributed by atoms with van der Waals surface area (Å²) < 4.78 is 34.0. The van der Waals surface area contributed by atoms with Gasteiger partial charge in [-0.15, -0.1) is 12.4 Å². The van der Waals surface area contributed by atoms with E-state index in [1.54, 1.807) is 4.31 Å². The molecule has 1 aromatic carbocycles. The van der Waals surface area contributed by atoms with Crippen LogP contribution >= 0.6 is 12.4 Å². The summed E-state index contributed by atoms with van der Waals surface area (Å²) in [5.41, 5.74) is 2.52. The van der Waals surface area contributed by atoms with Crippen LogP contribution in [0.2, 0.25) is 0 Å². The molecule has 2 fully saturated rings. The average Bonchev–Trinajstić information content (AvgIpc) is 3.34. The monoisotopic (exact) mass is 415 g/mol. The summed E-state index contributed by atoms with van der Waals surface area (Å²) >= 11 is 0. The molecule has 2 aliphatic heterocycles. The standard InChI is InChI=1S/C19H29N3O3S.ClH/c23-26(24,19-5-4-16-2-1-3-17(16)14-19)22(18-6-7-20-15-18)9-8-21-10-12-25-13-11-21;/h4-5,14,18,20H,1-3,6-13,15H2;1H. The van der Waals surface area contributed by atoms with E-state index in [0.717, 1.165) is 71.6 Å². The van der Waals surface area contributed by atoms with E-state index in [1.807, 2.05) is 18.2 Å². The van der Waals surface area contributed by atoms with Crippen molar-refractivity contribution < 1.29 is 13.2 Å². The normalized spacial score (nSPS) is 23.4. The van der Waals surface area contributed by atoms with Crippen molar-refractivity contribution in [2.24, 2.45) is 0 Å². The van der Waals surface area contributed by atoms with Crippen molar-refractivity contribution in [2.45, 2.75) is 36.6 Å². The number of halogens is 1. The van der Waals surface area contributed by atoms with Crippen LogP contribution in [-0.2, 0) is 27.6 Å². The van der Waals surface area contributed by atoms with E-state index in [0.29, 0.717) is 11.4 Å². The van der Waals surface area contributed by atoms with Crippen LogP contribution in [0, 0.1) is 0 Å². The van der Waals surface area contributed by atoms with Gasteiger partial charge in [0, 0.05) is 38.8 Å². The minimum Gasteiger partial charge on any atom is -0.379 e. The Labute approximate surface area is 168 Å². The molecule has 0 spiro atoms. The zero-order chi connectivity index (χ0) is 18.0. The van der Waals surface area contributed by atoms with E-state index in [2.05, 4.69) is 10.2 Å². The maximum Gasteiger partial charge on any atom is 0.243 e. The minimum absolute atomic E-state index is 0. The summed E-state index contributed by atoms with van der Waals surface area (Å²) in [6.07, 6.45) is 4.08. The van der Waals surface area contributed by atoms with Crippen LogP contribution in [0.3, 0.4) is 0 Å². The lowest BCUT2D eigenvalue weighted by Crippen LogP contribution is -2.47. The second kappa shape index (κ2) is 9.20. The van der Waals surface area contributed by atoms with Gasteiger partial charge in [-0.1, -0.05) is 6.07 Å². The lowest BCUT2D eigenvalue weighted by Gasteiger charge is -2.32. The van der Waals surface area contributed by atoms with Crippen LogP contribution in [0.15, 0.2) is 23.1 Å². The summed E-state index contributed by atoms with van der Waals surface area (Å²) in [5.74, 6) is 0. The third-order valence-corrected chi connectivity index (χ3v) is 7.81. The molecule has 0 amide bonds. The first kappa shape index (κ1) is 21.0. The van der Waals surface area contributed by atoms with Gasteiger partial charge in [-0.25, -0.2) is 8.42 Å². The minimum atomic E-state index is -3.47. The van der Waals surface area contributed by atoms with Crippen molar-refractivity contribution in [3.8, 4) is 0 Å². The summed E-state index contributed by atoms with van der Waals surface area (Å²) in [7, 11) is -3.47. The van der Waals surface area contributed by atoms with Gasteiger partial charge in [0.2, 0.25) is 10.0 Å². The maximum atomic E-state index is 13.4. The molecule has 2 saturated heterocycles. The number of hydrogen-bond acceptors (Lipinski definition) is 5. The maximum absolute atomic E-state index is 13.4. The molecule has 0 bridgehead atoms. The van der Waals surface area contributed by atoms with Crippen LogP contribution in [-0.4, -0.2) is 76.1 Å². The molecule has 152 valence electrons. The highest BCUT2D eigenvalue weighted by atomic mass is 35.5. The Morgan fingerprint density at radius 3 is 2.70 bits per heavy atom. The van der Waals surface area contributed by atoms with Crippen LogP contribution < -0.4 is 5.32 Å². The number of fused-ring (bicyclic) bond motifs is 1. The molecule has 1 unspecified atom stereocenters. The average molecular weight is 416 g/mol. The van der Waals surface area contributed by atoms with E-state index in [-0.39, 0.29) is 18.4 Å². The predicted octanol–water partition coefficient (Wildman–Crippen LogP) is 1.28. The first-order valence-electron chi connectivity index (χ1n) is 9.79. The number of morpholine rings is 1. The van der Waals surface area contributed by atoms with Gasteiger partial charge in [0.25, 0.3) is 0 Å². The lowest BCUT2D eigenvalue weighted by molar-refractivity contribution is 0.0355. The number of hydrogen-bond donors (Lipinski definition) is 1. The Hall–Kier alpha value is -0.700. The fourth-order valence-electron chi connectivity index (χ4n) is 4.29. The van der Waals surface area contributed by atoms with Gasteiger partial charge in [-0.2, -0.15) is 4.31 Å². The highest BCUT2D eigenvalue weighted by Crippen LogP contribution is 2.28. The molecule has 0 saturated carbocycles. The van der Waals surface area contributed by atoms with Crippen molar-refractivity contribution in [1.29, 1.82) is 0 Å². The number of sulfonamides is 1. The molecule has 1 aromatic rings. The molecule has 3 aliphatic rings. The zero-order valence-electron chi connectivity index (χ0n) is 15.7. The first-order valence-corrected chi connectivity index (χ1v) is 11.2. The molecule has 2 heterocycles. The SMILES string of the molecule is Cl.O=S(=O)(c1ccc2c(c1)CCC2)N(CCN1CCOCC1)C1CCNC1. The van der Waals surface area contributed by atoms with Crippen molar-refractivity contribution in [1.82, 2.24) is 14.5 Å². The van der Waals surface area contributed by atoms with Crippen LogP contribution in [0.4, 0.5) is 0 Å². The van der Waals surface area contributed by atoms with Gasteiger partial charge in [0.05, 0.1) is 18.1 Å². The molecular formula is C19H30ClN3O3S. The van der Waals surface area contributed by atoms with Crippen molar-refractivity contribution >= 4 is 22.4 Å². The smallest absolute Gasteiger partial charge is 0.243 e. The molecule has 6 nitrogen and oxygen atoms in total. The molecule has 4 rings (SSSR count). The number of nitrogens with zero attached hydrogens (tertiary/aromatic N) is 2. The summed E-state index contributed by atoms with van der Waals surface area (Å²) in [4.78, 5) is 2.77. The van der Waals surface area contributed by atoms with Gasteiger partial charge >= 0.3 is 0 Å². The molecule has 0 radical (unpaired) electrons. The fourth-order valence-corrected chi connectivity index (χ4v) is 5.99. The highest BCUT2D eigenvalue weighted by Gasteiger charge is 2.34. The second-order valence-electron chi connectivity index (χ2n) is 7.50. The molecule has 0 aromatic heterocycles. The molecule has 27 heavy (non-hydrogen) atoms. The Kier molecular flexibility index (Phi) is 7.16. The highest BCUT2D eigenvalue weighted by molar-refractivity contribution is 7.89. The topological polar surface area (TPSA) is 61.9 Å². The van der Waals surface area contributed by atoms with Crippen molar-refractivity contribution in [3.63, 3.8) is 0 Å². The van der Waals surface area contributed by atoms with Crippen LogP contribution in [0.1, 0.15) is 24.0 Å². The number of nitrogens with one attached hydrogen (secondary N) is 1. The number of benzene rings is 1. The van der Waals surface area contributed by atoms with Gasteiger partial charge in [0.15, 0.2) is 0 Å². The van der Waals surface area contributed by atoms with Crippen LogP contribution in [0.5, 0.6) is 0 Å². The molecular weight excluding hydrogens is 386 g/mol. The van der Waals surface area contributed by atoms with Crippen molar-refractivity contribution in [2.75, 3.05) is 52.5 Å². The van der Waals surface area contributed by atoms with Gasteiger partial charge in [-0.3, -0.25) is 4.90 Å². The van der Waals surface area contributed by atoms with Gasteiger partial charge in [-0.05, 0) is 55.5 Å². The summed E-state index contributed by atoms with van der Waals surface area (Å²) in [6.45, 7) is 6.19. The van der Waals surface area contributed by atoms with Crippen LogP contribution in [0.25, 0.3) is 0 Å². The quantitative estimate of drug-likeness (QED) is 0.758. The van der Waals surface area contributed by atoms with Gasteiger partial charge in [0.1, 0.15) is 0 Å². The van der Waals surface area contributed by atoms with E-state index in [4.69, 9.17) is 4.74 Å². The largest absolute Gasteiger partial charge is 0.379 e. The lowest BCUT2D eigenvalue weighted by atomic mass is 10.1. The second-order valence-corrected chi connectivity index (χ2v) is 9.39. The van der Waals surface area contributed by atoms with Crippen molar-refractivity contribution in [3.05, 3.63) is 29.3 Å². The van der Waals surface area contributed by atoms with Gasteiger partial charge < -0.3 is 10.1 Å². The summed E-state index contributed by atoms with van der Waals surface area (Å²) in [5, 5.41) is 3.32. The zero-order valence-corrected chi connectivity index (χ0v) is 17.4. The molecule has 1 atom stereocenters. The first-order chi connectivity index (χ1) is 12.6. The number of ether oxygens (including phenoxy) is 1. The molecule has 1 N–H and O–H groups in total. The van der Waals surface area contributed by atoms with E-state index < -0.39 is 10.0 Å². The van der Waals surface area contributed by atoms with E-state index >= 15 is 0 Å². The molecule has 1 aliphatic carbocycles.